The van der Waals surface area contributed by atoms with E-state index in [9.17, 15) is 0 Å². The Morgan fingerprint density at radius 2 is 2.00 bits per heavy atom. The number of fused-ring (bicyclic) bond motifs is 1. The van der Waals surface area contributed by atoms with Gasteiger partial charge in [0.15, 0.2) is 0 Å². The summed E-state index contributed by atoms with van der Waals surface area (Å²) in [5.74, 6) is 1.04. The van der Waals surface area contributed by atoms with Gasteiger partial charge in [-0.25, -0.2) is 0 Å². The maximum Gasteiger partial charge on any atom is 0.147 e. The number of nitrogens with zero attached hydrogens (tertiary/aromatic N) is 1. The van der Waals surface area contributed by atoms with Crippen LogP contribution in [0.25, 0.3) is 0 Å². The molecule has 3 heteroatoms. The van der Waals surface area contributed by atoms with Crippen molar-refractivity contribution in [2.24, 2.45) is 0 Å². The molecule has 1 aromatic carbocycles. The van der Waals surface area contributed by atoms with Crippen molar-refractivity contribution in [2.75, 3.05) is 13.1 Å². The molecular weight excluding hydrogens is 224 g/mol. The minimum Gasteiger partial charge on any atom is -0.483 e. The SMILES string of the molecule is c1ccc2c(c1)OC1(CCNC1)C2n1cccc1. The van der Waals surface area contributed by atoms with Gasteiger partial charge >= 0.3 is 0 Å². The Hall–Kier alpha value is -1.74. The average Bonchev–Trinajstić information content (AvgIpc) is 3.09. The Kier molecular flexibility index (Phi) is 2.06. The molecule has 2 aliphatic rings. The highest BCUT2D eigenvalue weighted by Crippen LogP contribution is 2.48. The largest absolute Gasteiger partial charge is 0.483 e. The van der Waals surface area contributed by atoms with E-state index in [1.54, 1.807) is 0 Å². The van der Waals surface area contributed by atoms with Crippen molar-refractivity contribution in [3.63, 3.8) is 0 Å². The Morgan fingerprint density at radius 3 is 2.78 bits per heavy atom. The van der Waals surface area contributed by atoms with Crippen LogP contribution in [0, 0.1) is 0 Å². The van der Waals surface area contributed by atoms with Gasteiger partial charge in [-0.1, -0.05) is 18.2 Å². The lowest BCUT2D eigenvalue weighted by molar-refractivity contribution is 0.0796. The van der Waals surface area contributed by atoms with Gasteiger partial charge in [0, 0.05) is 30.9 Å². The third kappa shape index (κ3) is 1.28. The fraction of sp³-hybridized carbons (Fsp3) is 0.333. The summed E-state index contributed by atoms with van der Waals surface area (Å²) in [4.78, 5) is 0. The zero-order chi connectivity index (χ0) is 12.0. The number of rotatable bonds is 1. The number of nitrogens with one attached hydrogen (secondary N) is 1. The van der Waals surface area contributed by atoms with Crippen molar-refractivity contribution in [2.45, 2.75) is 18.1 Å². The second-order valence-corrected chi connectivity index (χ2v) is 5.16. The minimum absolute atomic E-state index is 0.108. The van der Waals surface area contributed by atoms with E-state index in [0.29, 0.717) is 6.04 Å². The molecule has 0 radical (unpaired) electrons. The van der Waals surface area contributed by atoms with Gasteiger partial charge < -0.3 is 14.6 Å². The minimum atomic E-state index is -0.108. The van der Waals surface area contributed by atoms with Crippen molar-refractivity contribution in [3.8, 4) is 5.75 Å². The monoisotopic (exact) mass is 240 g/mol. The summed E-state index contributed by atoms with van der Waals surface area (Å²) >= 11 is 0. The van der Waals surface area contributed by atoms with Gasteiger partial charge in [-0.05, 0) is 24.7 Å². The number of hydrogen-bond acceptors (Lipinski definition) is 2. The van der Waals surface area contributed by atoms with E-state index in [1.165, 1.54) is 5.56 Å². The highest BCUT2D eigenvalue weighted by Gasteiger charge is 2.50. The zero-order valence-electron chi connectivity index (χ0n) is 10.2. The summed E-state index contributed by atoms with van der Waals surface area (Å²) in [6.07, 6.45) is 5.33. The number of para-hydroxylation sites is 1. The molecule has 1 saturated heterocycles. The summed E-state index contributed by atoms with van der Waals surface area (Å²) in [5, 5.41) is 3.44. The van der Waals surface area contributed by atoms with Crippen molar-refractivity contribution >= 4 is 0 Å². The van der Waals surface area contributed by atoms with E-state index in [-0.39, 0.29) is 5.60 Å². The van der Waals surface area contributed by atoms with Crippen molar-refractivity contribution in [1.82, 2.24) is 9.88 Å². The molecule has 1 fully saturated rings. The fourth-order valence-electron chi connectivity index (χ4n) is 3.32. The molecule has 92 valence electrons. The summed E-state index contributed by atoms with van der Waals surface area (Å²) < 4.78 is 8.59. The van der Waals surface area contributed by atoms with Crippen LogP contribution < -0.4 is 10.1 Å². The molecule has 1 spiro atoms. The zero-order valence-corrected chi connectivity index (χ0v) is 10.2. The molecule has 1 aromatic heterocycles. The third-order valence-electron chi connectivity index (χ3n) is 4.10. The van der Waals surface area contributed by atoms with Crippen LogP contribution in [-0.2, 0) is 0 Å². The van der Waals surface area contributed by atoms with Crippen molar-refractivity contribution < 1.29 is 4.74 Å². The van der Waals surface area contributed by atoms with Crippen LogP contribution >= 0.6 is 0 Å². The molecule has 2 unspecified atom stereocenters. The Labute approximate surface area is 106 Å². The maximum absolute atomic E-state index is 6.31. The Balaban J connectivity index is 1.88. The average molecular weight is 240 g/mol. The standard InChI is InChI=1S/C15H16N2O/c1-2-6-13-12(5-1)14(17-9-3-4-10-17)15(18-13)7-8-16-11-15/h1-6,9-10,14,16H,7-8,11H2. The molecular formula is C15H16N2O. The molecule has 2 aromatic rings. The van der Waals surface area contributed by atoms with Crippen LogP contribution in [0.15, 0.2) is 48.8 Å². The van der Waals surface area contributed by atoms with E-state index in [4.69, 9.17) is 4.74 Å². The lowest BCUT2D eigenvalue weighted by Gasteiger charge is -2.30. The predicted octanol–water partition coefficient (Wildman–Crippen LogP) is 2.20. The van der Waals surface area contributed by atoms with Gasteiger partial charge in [-0.2, -0.15) is 0 Å². The fourth-order valence-corrected chi connectivity index (χ4v) is 3.32. The van der Waals surface area contributed by atoms with E-state index in [0.717, 1.165) is 25.3 Å². The van der Waals surface area contributed by atoms with Gasteiger partial charge in [0.1, 0.15) is 17.4 Å². The smallest absolute Gasteiger partial charge is 0.147 e. The number of benzene rings is 1. The number of ether oxygens (including phenoxy) is 1. The molecule has 4 rings (SSSR count). The predicted molar refractivity (Wildman–Crippen MR) is 69.9 cm³/mol. The first kappa shape index (κ1) is 10.2. The van der Waals surface area contributed by atoms with Gasteiger partial charge in [0.2, 0.25) is 0 Å². The van der Waals surface area contributed by atoms with Crippen LogP contribution in [0.4, 0.5) is 0 Å². The summed E-state index contributed by atoms with van der Waals surface area (Å²) in [6.45, 7) is 1.95. The molecule has 2 aliphatic heterocycles. The van der Waals surface area contributed by atoms with E-state index in [1.807, 2.05) is 6.07 Å². The first-order valence-corrected chi connectivity index (χ1v) is 6.50. The summed E-state index contributed by atoms with van der Waals surface area (Å²) in [5.41, 5.74) is 1.19. The van der Waals surface area contributed by atoms with E-state index >= 15 is 0 Å². The van der Waals surface area contributed by atoms with E-state index < -0.39 is 0 Å². The lowest BCUT2D eigenvalue weighted by atomic mass is 9.90. The number of aromatic nitrogens is 1. The topological polar surface area (TPSA) is 26.2 Å². The van der Waals surface area contributed by atoms with Gasteiger partial charge in [0.25, 0.3) is 0 Å². The third-order valence-corrected chi connectivity index (χ3v) is 4.10. The molecule has 1 N–H and O–H groups in total. The normalized spacial score (nSPS) is 29.4. The second-order valence-electron chi connectivity index (χ2n) is 5.16. The van der Waals surface area contributed by atoms with Crippen LogP contribution in [0.5, 0.6) is 5.75 Å². The quantitative estimate of drug-likeness (QED) is 0.827. The van der Waals surface area contributed by atoms with E-state index in [2.05, 4.69) is 52.6 Å². The van der Waals surface area contributed by atoms with Gasteiger partial charge in [-0.3, -0.25) is 0 Å². The molecule has 0 aliphatic carbocycles. The first-order valence-electron chi connectivity index (χ1n) is 6.50. The number of hydrogen-bond donors (Lipinski definition) is 1. The van der Waals surface area contributed by atoms with Crippen molar-refractivity contribution in [3.05, 3.63) is 54.4 Å². The molecule has 0 saturated carbocycles. The van der Waals surface area contributed by atoms with Crippen LogP contribution in [0.2, 0.25) is 0 Å². The van der Waals surface area contributed by atoms with Gasteiger partial charge in [-0.15, -0.1) is 0 Å². The molecule has 3 heterocycles. The molecule has 18 heavy (non-hydrogen) atoms. The van der Waals surface area contributed by atoms with Crippen molar-refractivity contribution in [1.29, 1.82) is 0 Å². The highest BCUT2D eigenvalue weighted by atomic mass is 16.5. The Morgan fingerprint density at radius 1 is 1.17 bits per heavy atom. The maximum atomic E-state index is 6.31. The van der Waals surface area contributed by atoms with Crippen LogP contribution in [0.3, 0.4) is 0 Å². The molecule has 0 amide bonds. The second kappa shape index (κ2) is 3.62. The summed E-state index contributed by atoms with van der Waals surface area (Å²) in [6, 6.07) is 12.9. The first-order chi connectivity index (χ1) is 8.89. The summed E-state index contributed by atoms with van der Waals surface area (Å²) in [7, 11) is 0. The molecule has 2 atom stereocenters. The lowest BCUT2D eigenvalue weighted by Crippen LogP contribution is -2.42. The Bertz CT molecular complexity index is 556. The van der Waals surface area contributed by atoms with Crippen LogP contribution in [-0.4, -0.2) is 23.3 Å². The molecule has 3 nitrogen and oxygen atoms in total. The van der Waals surface area contributed by atoms with Gasteiger partial charge in [0.05, 0.1) is 0 Å². The molecule has 0 bridgehead atoms. The highest BCUT2D eigenvalue weighted by molar-refractivity contribution is 5.44. The van der Waals surface area contributed by atoms with Crippen LogP contribution in [0.1, 0.15) is 18.0 Å².